The first-order valence-electron chi connectivity index (χ1n) is 8.13. The third kappa shape index (κ3) is 3.37. The molecule has 2 aromatic heterocycles. The van der Waals surface area contributed by atoms with E-state index in [2.05, 4.69) is 25.5 Å². The van der Waals surface area contributed by atoms with Gasteiger partial charge in [-0.2, -0.15) is 5.10 Å². The van der Waals surface area contributed by atoms with Crippen LogP contribution in [0.3, 0.4) is 0 Å². The van der Waals surface area contributed by atoms with E-state index >= 15 is 0 Å². The number of nitrogens with one attached hydrogen (secondary N) is 3. The van der Waals surface area contributed by atoms with Crippen molar-refractivity contribution in [3.05, 3.63) is 70.1 Å². The van der Waals surface area contributed by atoms with E-state index in [0.717, 1.165) is 18.4 Å². The van der Waals surface area contributed by atoms with E-state index in [1.165, 1.54) is 6.39 Å². The van der Waals surface area contributed by atoms with E-state index in [0.29, 0.717) is 23.9 Å². The normalized spacial score (nSPS) is 15.0. The van der Waals surface area contributed by atoms with Crippen LogP contribution in [0.1, 0.15) is 52.4 Å². The molecule has 1 aliphatic carbocycles. The molecular formula is C17H17N5O3. The molecule has 0 aliphatic heterocycles. The maximum absolute atomic E-state index is 12.7. The van der Waals surface area contributed by atoms with Crippen LogP contribution in [0.15, 0.2) is 45.9 Å². The van der Waals surface area contributed by atoms with Gasteiger partial charge in [-0.25, -0.2) is 14.9 Å². The highest BCUT2D eigenvalue weighted by Gasteiger charge is 2.33. The van der Waals surface area contributed by atoms with Gasteiger partial charge in [0.15, 0.2) is 12.2 Å². The number of oxazole rings is 1. The Labute approximate surface area is 142 Å². The number of aromatic nitrogens is 4. The van der Waals surface area contributed by atoms with Crippen molar-refractivity contribution in [3.63, 3.8) is 0 Å². The van der Waals surface area contributed by atoms with Gasteiger partial charge in [-0.1, -0.05) is 30.3 Å². The molecule has 8 nitrogen and oxygen atoms in total. The fourth-order valence-corrected chi connectivity index (χ4v) is 2.81. The first kappa shape index (κ1) is 15.4. The topological polar surface area (TPSA) is 117 Å². The quantitative estimate of drug-likeness (QED) is 0.632. The molecule has 8 heteroatoms. The standard InChI is InChI=1S/C17H17N5O3/c23-16(14-13(11-6-7-11)18-9-25-14)19-12(15-20-17(24)22-21-15)8-10-4-2-1-3-5-10/h1-5,9,11-12H,6-8H2,(H,19,23)(H2,20,21,22,24). The van der Waals surface area contributed by atoms with Gasteiger partial charge in [-0.05, 0) is 24.8 Å². The largest absolute Gasteiger partial charge is 0.438 e. The zero-order valence-electron chi connectivity index (χ0n) is 13.4. The van der Waals surface area contributed by atoms with Crippen molar-refractivity contribution in [2.75, 3.05) is 0 Å². The molecule has 1 saturated carbocycles. The monoisotopic (exact) mass is 339 g/mol. The van der Waals surface area contributed by atoms with Crippen molar-refractivity contribution in [1.82, 2.24) is 25.5 Å². The fourth-order valence-electron chi connectivity index (χ4n) is 2.81. The minimum atomic E-state index is -0.494. The number of amides is 1. The molecule has 128 valence electrons. The van der Waals surface area contributed by atoms with Crippen LogP contribution in [-0.2, 0) is 6.42 Å². The highest BCUT2D eigenvalue weighted by Crippen LogP contribution is 2.40. The molecular weight excluding hydrogens is 322 g/mol. The van der Waals surface area contributed by atoms with Crippen molar-refractivity contribution in [1.29, 1.82) is 0 Å². The molecule has 2 heterocycles. The van der Waals surface area contributed by atoms with Crippen molar-refractivity contribution in [2.24, 2.45) is 0 Å². The van der Waals surface area contributed by atoms with Crippen molar-refractivity contribution in [2.45, 2.75) is 31.2 Å². The molecule has 1 fully saturated rings. The summed E-state index contributed by atoms with van der Waals surface area (Å²) in [4.78, 5) is 30.8. The lowest BCUT2D eigenvalue weighted by atomic mass is 10.1. The summed E-state index contributed by atoms with van der Waals surface area (Å²) in [5.41, 5.74) is 1.30. The molecule has 1 amide bonds. The summed E-state index contributed by atoms with van der Waals surface area (Å²) in [5.74, 6) is 0.551. The zero-order valence-corrected chi connectivity index (χ0v) is 13.4. The SMILES string of the molecule is O=C(NC(Cc1ccccc1)c1n[nH]c(=O)[nH]1)c1ocnc1C1CC1. The molecule has 25 heavy (non-hydrogen) atoms. The number of carbonyl (C=O) groups is 1. The summed E-state index contributed by atoms with van der Waals surface area (Å²) >= 11 is 0. The molecule has 1 unspecified atom stereocenters. The molecule has 1 atom stereocenters. The van der Waals surface area contributed by atoms with Crippen LogP contribution in [0.5, 0.6) is 0 Å². The van der Waals surface area contributed by atoms with Crippen LogP contribution in [0.2, 0.25) is 0 Å². The van der Waals surface area contributed by atoms with Crippen molar-refractivity contribution >= 4 is 5.91 Å². The van der Waals surface area contributed by atoms with Gasteiger partial charge >= 0.3 is 5.69 Å². The lowest BCUT2D eigenvalue weighted by Crippen LogP contribution is -2.31. The minimum Gasteiger partial charge on any atom is -0.438 e. The number of H-pyrrole nitrogens is 2. The summed E-state index contributed by atoms with van der Waals surface area (Å²) in [6.07, 6.45) is 3.82. The Morgan fingerprint density at radius 3 is 2.80 bits per heavy atom. The van der Waals surface area contributed by atoms with Gasteiger partial charge in [0.05, 0.1) is 11.7 Å². The molecule has 0 saturated heterocycles. The van der Waals surface area contributed by atoms with E-state index in [1.54, 1.807) is 0 Å². The average molecular weight is 339 g/mol. The fraction of sp³-hybridized carbons (Fsp3) is 0.294. The van der Waals surface area contributed by atoms with E-state index in [4.69, 9.17) is 4.42 Å². The van der Waals surface area contributed by atoms with Gasteiger partial charge in [-0.3, -0.25) is 9.78 Å². The second kappa shape index (κ2) is 6.39. The smallest absolute Gasteiger partial charge is 0.340 e. The highest BCUT2D eigenvalue weighted by atomic mass is 16.3. The van der Waals surface area contributed by atoms with E-state index in [9.17, 15) is 9.59 Å². The number of carbonyl (C=O) groups excluding carboxylic acids is 1. The van der Waals surface area contributed by atoms with Crippen LogP contribution in [0.25, 0.3) is 0 Å². The summed E-state index contributed by atoms with van der Waals surface area (Å²) in [6, 6.07) is 9.17. The van der Waals surface area contributed by atoms with E-state index < -0.39 is 11.7 Å². The summed E-state index contributed by atoms with van der Waals surface area (Å²) < 4.78 is 5.30. The number of nitrogens with zero attached hydrogens (tertiary/aromatic N) is 2. The number of hydrogen-bond acceptors (Lipinski definition) is 5. The maximum atomic E-state index is 12.7. The average Bonchev–Trinajstić information content (AvgIpc) is 3.17. The Hall–Kier alpha value is -3.16. The minimum absolute atomic E-state index is 0.235. The van der Waals surface area contributed by atoms with Gasteiger partial charge in [-0.15, -0.1) is 0 Å². The Balaban J connectivity index is 1.58. The molecule has 3 aromatic rings. The molecule has 1 aromatic carbocycles. The van der Waals surface area contributed by atoms with E-state index in [1.807, 2.05) is 30.3 Å². The van der Waals surface area contributed by atoms with E-state index in [-0.39, 0.29) is 11.7 Å². The molecule has 3 N–H and O–H groups in total. The van der Waals surface area contributed by atoms with Gasteiger partial charge < -0.3 is 9.73 Å². The zero-order chi connectivity index (χ0) is 17.2. The number of aromatic amines is 2. The Morgan fingerprint density at radius 1 is 1.32 bits per heavy atom. The van der Waals surface area contributed by atoms with Crippen LogP contribution in [0, 0.1) is 0 Å². The highest BCUT2D eigenvalue weighted by molar-refractivity contribution is 5.93. The van der Waals surface area contributed by atoms with Gasteiger partial charge in [0.1, 0.15) is 0 Å². The molecule has 0 bridgehead atoms. The first-order valence-corrected chi connectivity index (χ1v) is 8.13. The molecule has 1 aliphatic rings. The number of hydrogen-bond donors (Lipinski definition) is 3. The molecule has 0 radical (unpaired) electrons. The predicted molar refractivity (Wildman–Crippen MR) is 88.0 cm³/mol. The van der Waals surface area contributed by atoms with Crippen molar-refractivity contribution in [3.8, 4) is 0 Å². The number of benzene rings is 1. The lowest BCUT2D eigenvalue weighted by molar-refractivity contribution is 0.0905. The van der Waals surface area contributed by atoms with Crippen molar-refractivity contribution < 1.29 is 9.21 Å². The first-order chi connectivity index (χ1) is 12.2. The third-order valence-electron chi connectivity index (χ3n) is 4.20. The maximum Gasteiger partial charge on any atom is 0.340 e. The van der Waals surface area contributed by atoms with Crippen LogP contribution < -0.4 is 11.0 Å². The van der Waals surface area contributed by atoms with Gasteiger partial charge in [0.25, 0.3) is 5.91 Å². The van der Waals surface area contributed by atoms with Crippen LogP contribution in [0.4, 0.5) is 0 Å². The summed E-state index contributed by atoms with van der Waals surface area (Å²) in [6.45, 7) is 0. The Bertz CT molecular complexity index is 923. The third-order valence-corrected chi connectivity index (χ3v) is 4.20. The lowest BCUT2D eigenvalue weighted by Gasteiger charge is -2.16. The van der Waals surface area contributed by atoms with Gasteiger partial charge in [0, 0.05) is 5.92 Å². The van der Waals surface area contributed by atoms with Crippen LogP contribution in [-0.4, -0.2) is 26.1 Å². The Morgan fingerprint density at radius 2 is 2.12 bits per heavy atom. The molecule has 0 spiro atoms. The second-order valence-corrected chi connectivity index (χ2v) is 6.12. The van der Waals surface area contributed by atoms with Gasteiger partial charge in [0.2, 0.25) is 5.76 Å². The predicted octanol–water partition coefficient (Wildman–Crippen LogP) is 1.68. The summed E-state index contributed by atoms with van der Waals surface area (Å²) in [5, 5.41) is 9.19. The Kier molecular flexibility index (Phi) is 3.93. The molecule has 4 rings (SSSR count). The van der Waals surface area contributed by atoms with Crippen LogP contribution >= 0.6 is 0 Å². The summed E-state index contributed by atoms with van der Waals surface area (Å²) in [7, 11) is 0. The second-order valence-electron chi connectivity index (χ2n) is 6.12. The number of rotatable bonds is 6.